The van der Waals surface area contributed by atoms with E-state index in [4.69, 9.17) is 0 Å². The van der Waals surface area contributed by atoms with Gasteiger partial charge >= 0.3 is 0 Å². The van der Waals surface area contributed by atoms with E-state index in [0.717, 1.165) is 0 Å². The normalized spacial score (nSPS) is 18.4. The summed E-state index contributed by atoms with van der Waals surface area (Å²) in [5, 5.41) is 20.5. The Morgan fingerprint density at radius 1 is 1.11 bits per heavy atom. The second-order valence-corrected chi connectivity index (χ2v) is 14.6. The van der Waals surface area contributed by atoms with Crippen molar-refractivity contribution in [3.05, 3.63) is 23.3 Å². The number of benzene rings is 1. The van der Waals surface area contributed by atoms with Crippen LogP contribution in [0.2, 0.25) is 0 Å². The van der Waals surface area contributed by atoms with Crippen molar-refractivity contribution in [3.8, 4) is 11.2 Å². The summed E-state index contributed by atoms with van der Waals surface area (Å²) in [6.07, 6.45) is -0.558. The number of hydrogen-bond acceptors (Lipinski definition) is 10. The fraction of sp³-hybridized carbons (Fsp3) is 0.524. The lowest BCUT2D eigenvalue weighted by Crippen LogP contribution is -2.50. The second-order valence-electron chi connectivity index (χ2n) is 9.43. The van der Waals surface area contributed by atoms with Crippen LogP contribution in [-0.4, -0.2) is 78.1 Å². The van der Waals surface area contributed by atoms with Gasteiger partial charge in [0.1, 0.15) is 5.54 Å². The Hall–Kier alpha value is -2.78. The van der Waals surface area contributed by atoms with E-state index in [2.05, 4.69) is 20.0 Å². The number of nitrogens with one attached hydrogen (secondary N) is 1. The predicted octanol–water partition coefficient (Wildman–Crippen LogP) is 2.01. The fourth-order valence-corrected chi connectivity index (χ4v) is 7.57. The van der Waals surface area contributed by atoms with Crippen LogP contribution in [0.1, 0.15) is 38.1 Å². The topological polar surface area (TPSA) is 154 Å². The first kappa shape index (κ1) is 26.8. The number of fused-ring (bicyclic) bond motifs is 1. The van der Waals surface area contributed by atoms with E-state index in [0.29, 0.717) is 53.9 Å². The van der Waals surface area contributed by atoms with Gasteiger partial charge < -0.3 is 4.90 Å². The summed E-state index contributed by atoms with van der Waals surface area (Å²) in [6, 6.07) is 4.81. The van der Waals surface area contributed by atoms with Crippen molar-refractivity contribution in [2.75, 3.05) is 31.1 Å². The highest BCUT2D eigenvalue weighted by Gasteiger charge is 2.47. The monoisotopic (exact) mass is 586 g/mol. The molecule has 17 heteroatoms. The Labute approximate surface area is 222 Å². The molecule has 0 amide bonds. The molecule has 1 N–H and O–H groups in total. The molecule has 2 fully saturated rings. The van der Waals surface area contributed by atoms with Crippen LogP contribution < -0.4 is 9.62 Å². The molecule has 0 spiro atoms. The summed E-state index contributed by atoms with van der Waals surface area (Å²) in [5.41, 5.74) is -0.383. The molecule has 204 valence electrons. The van der Waals surface area contributed by atoms with Crippen molar-refractivity contribution < 1.29 is 25.6 Å². The molecule has 3 aromatic rings. The number of halogens is 2. The van der Waals surface area contributed by atoms with Gasteiger partial charge in [-0.2, -0.15) is 19.4 Å². The van der Waals surface area contributed by atoms with Gasteiger partial charge in [-0.25, -0.2) is 30.3 Å². The van der Waals surface area contributed by atoms with Gasteiger partial charge in [0.2, 0.25) is 25.2 Å². The van der Waals surface area contributed by atoms with Crippen molar-refractivity contribution in [1.82, 2.24) is 29.0 Å². The molecule has 1 saturated carbocycles. The average molecular weight is 587 g/mol. The average Bonchev–Trinajstić information content (AvgIpc) is 3.27. The molecule has 1 aromatic carbocycles. The van der Waals surface area contributed by atoms with E-state index in [9.17, 15) is 30.9 Å². The molecule has 12 nitrogen and oxygen atoms in total. The molecular formula is C21H24F2N8O4S3. The summed E-state index contributed by atoms with van der Waals surface area (Å²) in [4.78, 5) is 1.72. The second kappa shape index (κ2) is 9.45. The Balaban J connectivity index is 1.58. The number of nitrogens with zero attached hydrogens (tertiary/aromatic N) is 7. The molecule has 3 heterocycles. The molecule has 2 aliphatic rings. The van der Waals surface area contributed by atoms with Gasteiger partial charge in [-0.15, -0.1) is 10.2 Å². The van der Waals surface area contributed by atoms with Crippen LogP contribution in [0.3, 0.4) is 0 Å². The van der Waals surface area contributed by atoms with Gasteiger partial charge in [0.15, 0.2) is 5.01 Å². The Kier molecular flexibility index (Phi) is 6.67. The molecule has 1 aliphatic heterocycles. The maximum atomic E-state index is 13.3. The number of piperazine rings is 1. The van der Waals surface area contributed by atoms with Crippen molar-refractivity contribution in [2.24, 2.45) is 0 Å². The number of nitriles is 1. The quantitative estimate of drug-likeness (QED) is 0.417. The first-order valence-electron chi connectivity index (χ1n) is 11.7. The zero-order chi connectivity index (χ0) is 27.5. The van der Waals surface area contributed by atoms with Gasteiger partial charge in [0, 0.05) is 37.3 Å². The third-order valence-electron chi connectivity index (χ3n) is 6.58. The van der Waals surface area contributed by atoms with Gasteiger partial charge in [-0.1, -0.05) is 11.3 Å². The maximum Gasteiger partial charge on any atom is 0.291 e. The number of sulfonamides is 2. The lowest BCUT2D eigenvalue weighted by Gasteiger charge is -2.36. The van der Waals surface area contributed by atoms with Crippen molar-refractivity contribution >= 4 is 48.0 Å². The van der Waals surface area contributed by atoms with Crippen LogP contribution in [0.25, 0.3) is 16.0 Å². The van der Waals surface area contributed by atoms with E-state index >= 15 is 0 Å². The number of hydrogen-bond donors (Lipinski definition) is 1. The molecule has 2 aromatic heterocycles. The van der Waals surface area contributed by atoms with Gasteiger partial charge in [-0.05, 0) is 38.8 Å². The Bertz CT molecular complexity index is 1630. The summed E-state index contributed by atoms with van der Waals surface area (Å²) in [7, 11) is -7.60. The number of alkyl halides is 2. The van der Waals surface area contributed by atoms with E-state index in [1.54, 1.807) is 13.8 Å². The molecule has 0 bridgehead atoms. The molecule has 0 radical (unpaired) electrons. The SMILES string of the molecule is CC(C)S(=O)(=O)N1CCN(c2cc(S(=O)(=O)NC3(C#N)CC3)cc3c2cnn3-c2nnc(C(F)F)s2)CC1. The fourth-order valence-electron chi connectivity index (χ4n) is 4.21. The Morgan fingerprint density at radius 3 is 2.34 bits per heavy atom. The van der Waals surface area contributed by atoms with Crippen LogP contribution in [0.15, 0.2) is 23.2 Å². The van der Waals surface area contributed by atoms with E-state index in [-0.39, 0.29) is 23.1 Å². The van der Waals surface area contributed by atoms with Crippen molar-refractivity contribution in [1.29, 1.82) is 5.26 Å². The standard InChI is InChI=1S/C21H24F2N8O4S3/c1-13(2)38(34,35)30-7-5-29(6-8-30)16-9-14(37(32,33)28-21(12-24)3-4-21)10-17-15(16)11-25-31(17)20-27-26-19(36-20)18(22)23/h9-11,13,18,28H,3-8H2,1-2H3. The lowest BCUT2D eigenvalue weighted by molar-refractivity contribution is 0.150. The summed E-state index contributed by atoms with van der Waals surface area (Å²) >= 11 is 0.631. The van der Waals surface area contributed by atoms with E-state index < -0.39 is 42.3 Å². The summed E-state index contributed by atoms with van der Waals surface area (Å²) in [6.45, 7) is 4.22. The van der Waals surface area contributed by atoms with Crippen LogP contribution in [0.5, 0.6) is 0 Å². The smallest absolute Gasteiger partial charge is 0.291 e. The number of anilines is 1. The molecule has 0 unspecified atom stereocenters. The zero-order valence-corrected chi connectivity index (χ0v) is 22.8. The van der Waals surface area contributed by atoms with Crippen molar-refractivity contribution in [3.63, 3.8) is 0 Å². The minimum atomic E-state index is -4.15. The summed E-state index contributed by atoms with van der Waals surface area (Å²) < 4.78 is 83.3. The summed E-state index contributed by atoms with van der Waals surface area (Å²) in [5.74, 6) is 0. The highest BCUT2D eigenvalue weighted by atomic mass is 32.2. The molecule has 1 saturated heterocycles. The first-order chi connectivity index (χ1) is 17.9. The maximum absolute atomic E-state index is 13.3. The Morgan fingerprint density at radius 2 is 1.79 bits per heavy atom. The van der Waals surface area contributed by atoms with E-state index in [1.807, 2.05) is 11.0 Å². The highest BCUT2D eigenvalue weighted by Crippen LogP contribution is 2.38. The largest absolute Gasteiger partial charge is 0.368 e. The molecule has 0 atom stereocenters. The molecular weight excluding hydrogens is 562 g/mol. The highest BCUT2D eigenvalue weighted by molar-refractivity contribution is 7.89. The van der Waals surface area contributed by atoms with Crippen LogP contribution >= 0.6 is 11.3 Å². The van der Waals surface area contributed by atoms with Crippen LogP contribution in [0.4, 0.5) is 14.5 Å². The van der Waals surface area contributed by atoms with Crippen molar-refractivity contribution in [2.45, 2.75) is 48.8 Å². The van der Waals surface area contributed by atoms with Gasteiger partial charge in [0.05, 0.1) is 27.9 Å². The third-order valence-corrected chi connectivity index (χ3v) is 11.3. The lowest BCUT2D eigenvalue weighted by atomic mass is 10.2. The first-order valence-corrected chi connectivity index (χ1v) is 15.5. The van der Waals surface area contributed by atoms with E-state index in [1.165, 1.54) is 27.3 Å². The molecule has 1 aliphatic carbocycles. The van der Waals surface area contributed by atoms with Gasteiger partial charge in [0.25, 0.3) is 6.43 Å². The minimum absolute atomic E-state index is 0.0345. The number of rotatable bonds is 8. The number of aromatic nitrogens is 4. The van der Waals surface area contributed by atoms with Crippen LogP contribution in [-0.2, 0) is 20.0 Å². The predicted molar refractivity (Wildman–Crippen MR) is 135 cm³/mol. The minimum Gasteiger partial charge on any atom is -0.368 e. The van der Waals surface area contributed by atoms with Gasteiger partial charge in [-0.3, -0.25) is 0 Å². The molecule has 38 heavy (non-hydrogen) atoms. The van der Waals surface area contributed by atoms with Crippen LogP contribution in [0, 0.1) is 11.3 Å². The molecule has 5 rings (SSSR count). The third kappa shape index (κ3) is 4.75. The zero-order valence-electron chi connectivity index (χ0n) is 20.4.